The van der Waals surface area contributed by atoms with Crippen LogP contribution in [0.15, 0.2) is 18.2 Å². The second-order valence-corrected chi connectivity index (χ2v) is 5.64. The fourth-order valence-corrected chi connectivity index (χ4v) is 2.25. The molecule has 2 rings (SSSR count). The molecular weight excluding hydrogens is 254 g/mol. The van der Waals surface area contributed by atoms with Crippen molar-refractivity contribution in [1.29, 1.82) is 0 Å². The predicted octanol–water partition coefficient (Wildman–Crippen LogP) is 3.00. The third-order valence-corrected chi connectivity index (χ3v) is 3.47. The zero-order chi connectivity index (χ0) is 14.6. The van der Waals surface area contributed by atoms with E-state index in [0.29, 0.717) is 19.6 Å². The maximum Gasteiger partial charge on any atom is 0.220 e. The highest BCUT2D eigenvalue weighted by molar-refractivity contribution is 5.77. The van der Waals surface area contributed by atoms with Crippen molar-refractivity contribution < 1.29 is 14.3 Å². The van der Waals surface area contributed by atoms with Gasteiger partial charge >= 0.3 is 0 Å². The Labute approximate surface area is 120 Å². The number of unbranched alkanes of at least 4 members (excludes halogenated alkanes) is 1. The van der Waals surface area contributed by atoms with Crippen molar-refractivity contribution in [3.8, 4) is 11.5 Å². The van der Waals surface area contributed by atoms with E-state index < -0.39 is 5.54 Å². The maximum atomic E-state index is 11.9. The summed E-state index contributed by atoms with van der Waals surface area (Å²) < 4.78 is 11.1. The molecule has 0 atom stereocenters. The van der Waals surface area contributed by atoms with Gasteiger partial charge < -0.3 is 14.8 Å². The van der Waals surface area contributed by atoms with Gasteiger partial charge in [0.15, 0.2) is 11.5 Å². The predicted molar refractivity (Wildman–Crippen MR) is 78.1 cm³/mol. The standard InChI is InChI=1S/C16H23NO3/c1-4-5-6-15(18)17-16(2,3)12-7-8-13-14(11-12)20-10-9-19-13/h7-8,11H,4-6,9-10H2,1-3H3,(H,17,18). The number of amides is 1. The fraction of sp³-hybridized carbons (Fsp3) is 0.562. The number of rotatable bonds is 5. The zero-order valence-corrected chi connectivity index (χ0v) is 12.5. The summed E-state index contributed by atoms with van der Waals surface area (Å²) in [6, 6.07) is 5.84. The van der Waals surface area contributed by atoms with E-state index in [4.69, 9.17) is 9.47 Å². The van der Waals surface area contributed by atoms with Crippen LogP contribution in [-0.4, -0.2) is 19.1 Å². The quantitative estimate of drug-likeness (QED) is 0.900. The Bertz CT molecular complexity index is 483. The van der Waals surface area contributed by atoms with E-state index in [1.807, 2.05) is 32.0 Å². The average Bonchev–Trinajstić information content (AvgIpc) is 2.44. The highest BCUT2D eigenvalue weighted by Gasteiger charge is 2.24. The van der Waals surface area contributed by atoms with Crippen LogP contribution in [0.4, 0.5) is 0 Å². The molecule has 1 N–H and O–H groups in total. The van der Waals surface area contributed by atoms with Crippen molar-refractivity contribution in [2.45, 2.75) is 45.6 Å². The van der Waals surface area contributed by atoms with Crippen LogP contribution < -0.4 is 14.8 Å². The molecule has 110 valence electrons. The summed E-state index contributed by atoms with van der Waals surface area (Å²) in [5.41, 5.74) is 0.604. The molecule has 1 aliphatic rings. The van der Waals surface area contributed by atoms with Gasteiger partial charge in [-0.05, 0) is 38.0 Å². The minimum absolute atomic E-state index is 0.0896. The van der Waals surface area contributed by atoms with Gasteiger partial charge in [-0.25, -0.2) is 0 Å². The van der Waals surface area contributed by atoms with Crippen LogP contribution in [0.3, 0.4) is 0 Å². The van der Waals surface area contributed by atoms with Crippen LogP contribution in [0.25, 0.3) is 0 Å². The summed E-state index contributed by atoms with van der Waals surface area (Å²) in [5.74, 6) is 1.62. The van der Waals surface area contributed by atoms with Crippen molar-refractivity contribution in [2.24, 2.45) is 0 Å². The Morgan fingerprint density at radius 1 is 1.25 bits per heavy atom. The normalized spacial score (nSPS) is 13.9. The number of nitrogens with one attached hydrogen (secondary N) is 1. The lowest BCUT2D eigenvalue weighted by Crippen LogP contribution is -2.40. The molecular formula is C16H23NO3. The topological polar surface area (TPSA) is 47.6 Å². The van der Waals surface area contributed by atoms with Crippen LogP contribution >= 0.6 is 0 Å². The molecule has 0 saturated heterocycles. The monoisotopic (exact) mass is 277 g/mol. The lowest BCUT2D eigenvalue weighted by atomic mass is 9.93. The van der Waals surface area contributed by atoms with Crippen molar-refractivity contribution in [3.05, 3.63) is 23.8 Å². The van der Waals surface area contributed by atoms with E-state index in [1.54, 1.807) is 0 Å². The van der Waals surface area contributed by atoms with Crippen LogP contribution in [0.2, 0.25) is 0 Å². The molecule has 0 aromatic heterocycles. The maximum absolute atomic E-state index is 11.9. The van der Waals surface area contributed by atoms with Gasteiger partial charge in [-0.3, -0.25) is 4.79 Å². The van der Waals surface area contributed by atoms with E-state index in [0.717, 1.165) is 29.9 Å². The molecule has 0 bridgehead atoms. The highest BCUT2D eigenvalue weighted by Crippen LogP contribution is 2.34. The van der Waals surface area contributed by atoms with Gasteiger partial charge in [-0.2, -0.15) is 0 Å². The smallest absolute Gasteiger partial charge is 0.220 e. The second-order valence-electron chi connectivity index (χ2n) is 5.64. The van der Waals surface area contributed by atoms with E-state index in [2.05, 4.69) is 12.2 Å². The number of hydrogen-bond donors (Lipinski definition) is 1. The Balaban J connectivity index is 2.10. The Morgan fingerprint density at radius 3 is 2.65 bits per heavy atom. The van der Waals surface area contributed by atoms with Gasteiger partial charge in [0.25, 0.3) is 0 Å². The summed E-state index contributed by atoms with van der Waals surface area (Å²) in [6.45, 7) is 7.24. The largest absolute Gasteiger partial charge is 0.486 e. The van der Waals surface area contributed by atoms with Crippen molar-refractivity contribution in [2.75, 3.05) is 13.2 Å². The Morgan fingerprint density at radius 2 is 1.95 bits per heavy atom. The van der Waals surface area contributed by atoms with Crippen LogP contribution in [0, 0.1) is 0 Å². The third-order valence-electron chi connectivity index (χ3n) is 3.47. The van der Waals surface area contributed by atoms with E-state index in [-0.39, 0.29) is 5.91 Å². The molecule has 0 unspecified atom stereocenters. The van der Waals surface area contributed by atoms with Crippen molar-refractivity contribution >= 4 is 5.91 Å². The second kappa shape index (κ2) is 6.16. The lowest BCUT2D eigenvalue weighted by Gasteiger charge is -2.28. The van der Waals surface area contributed by atoms with Gasteiger partial charge in [-0.1, -0.05) is 19.4 Å². The summed E-state index contributed by atoms with van der Waals surface area (Å²) in [5, 5.41) is 3.08. The van der Waals surface area contributed by atoms with Crippen LogP contribution in [-0.2, 0) is 10.3 Å². The summed E-state index contributed by atoms with van der Waals surface area (Å²) >= 11 is 0. The first-order valence-electron chi connectivity index (χ1n) is 7.24. The molecule has 1 heterocycles. The number of benzene rings is 1. The molecule has 0 saturated carbocycles. The molecule has 0 aliphatic carbocycles. The van der Waals surface area contributed by atoms with E-state index in [1.165, 1.54) is 0 Å². The summed E-state index contributed by atoms with van der Waals surface area (Å²) in [4.78, 5) is 11.9. The fourth-order valence-electron chi connectivity index (χ4n) is 2.25. The molecule has 20 heavy (non-hydrogen) atoms. The molecule has 1 aromatic carbocycles. The van der Waals surface area contributed by atoms with E-state index >= 15 is 0 Å². The van der Waals surface area contributed by atoms with Crippen molar-refractivity contribution in [1.82, 2.24) is 5.32 Å². The minimum Gasteiger partial charge on any atom is -0.486 e. The first-order valence-corrected chi connectivity index (χ1v) is 7.24. The van der Waals surface area contributed by atoms with Gasteiger partial charge in [0.2, 0.25) is 5.91 Å². The SMILES string of the molecule is CCCCC(=O)NC(C)(C)c1ccc2c(c1)OCCO2. The summed E-state index contributed by atoms with van der Waals surface area (Å²) in [7, 11) is 0. The first kappa shape index (κ1) is 14.7. The first-order chi connectivity index (χ1) is 9.53. The summed E-state index contributed by atoms with van der Waals surface area (Å²) in [6.07, 6.45) is 2.52. The molecule has 1 aliphatic heterocycles. The zero-order valence-electron chi connectivity index (χ0n) is 12.5. The minimum atomic E-state index is -0.416. The van der Waals surface area contributed by atoms with Gasteiger partial charge in [0.1, 0.15) is 13.2 Å². The Kier molecular flexibility index (Phi) is 4.53. The number of carbonyl (C=O) groups is 1. The van der Waals surface area contributed by atoms with Crippen LogP contribution in [0.1, 0.15) is 45.6 Å². The number of ether oxygens (including phenoxy) is 2. The molecule has 1 amide bonds. The van der Waals surface area contributed by atoms with Gasteiger partial charge in [-0.15, -0.1) is 0 Å². The lowest BCUT2D eigenvalue weighted by molar-refractivity contribution is -0.122. The molecule has 1 aromatic rings. The van der Waals surface area contributed by atoms with Crippen molar-refractivity contribution in [3.63, 3.8) is 0 Å². The number of fused-ring (bicyclic) bond motifs is 1. The number of carbonyl (C=O) groups excluding carboxylic acids is 1. The Hall–Kier alpha value is -1.71. The molecule has 0 fully saturated rings. The molecule has 0 spiro atoms. The van der Waals surface area contributed by atoms with E-state index in [9.17, 15) is 4.79 Å². The average molecular weight is 277 g/mol. The van der Waals surface area contributed by atoms with Gasteiger partial charge in [0, 0.05) is 6.42 Å². The number of hydrogen-bond acceptors (Lipinski definition) is 3. The highest BCUT2D eigenvalue weighted by atomic mass is 16.6. The van der Waals surface area contributed by atoms with Crippen LogP contribution in [0.5, 0.6) is 11.5 Å². The molecule has 4 nitrogen and oxygen atoms in total. The molecule has 0 radical (unpaired) electrons. The molecule has 4 heteroatoms. The van der Waals surface area contributed by atoms with Gasteiger partial charge in [0.05, 0.1) is 5.54 Å². The third kappa shape index (κ3) is 3.44.